The van der Waals surface area contributed by atoms with Crippen LogP contribution in [0.1, 0.15) is 53.9 Å². The van der Waals surface area contributed by atoms with Gasteiger partial charge in [-0.2, -0.15) is 0 Å². The molecule has 1 saturated carbocycles. The Balaban J connectivity index is 0.000000921. The van der Waals surface area contributed by atoms with Crippen LogP contribution in [0.15, 0.2) is 24.3 Å². The Morgan fingerprint density at radius 3 is 1.80 bits per heavy atom. The number of allylic oxidation sites excluding steroid dienone is 2. The Morgan fingerprint density at radius 1 is 0.933 bits per heavy atom. The van der Waals surface area contributed by atoms with Crippen LogP contribution in [0.4, 0.5) is 0 Å². The Bertz CT molecular complexity index is 212. The number of hydrogen-bond donors (Lipinski definition) is 0. The second-order valence-corrected chi connectivity index (χ2v) is 4.82. The first kappa shape index (κ1) is 14.5. The molecule has 88 valence electrons. The molecule has 1 aliphatic rings. The molecule has 0 aromatic heterocycles. The molecule has 0 aromatic rings. The standard InChI is InChI=1S/C13H22.C2H6/c1-9(2)12-7-6-11(5)8-13(12)10(3)4;1-2/h11-13H,1,3,6-8H2,2,4-5H3;1-2H3. The lowest BCUT2D eigenvalue weighted by molar-refractivity contribution is 0.247. The molecule has 15 heavy (non-hydrogen) atoms. The second-order valence-electron chi connectivity index (χ2n) is 4.82. The van der Waals surface area contributed by atoms with Crippen molar-refractivity contribution in [2.24, 2.45) is 17.8 Å². The average molecular weight is 208 g/mol. The lowest BCUT2D eigenvalue weighted by atomic mass is 9.70. The van der Waals surface area contributed by atoms with Gasteiger partial charge in [-0.1, -0.05) is 51.5 Å². The third kappa shape index (κ3) is 4.24. The zero-order valence-corrected chi connectivity index (χ0v) is 11.3. The quantitative estimate of drug-likeness (QED) is 0.546. The SMILES string of the molecule is C=C(C)C1CCC(C)CC1C(=C)C.CC. The zero-order chi connectivity index (χ0) is 12.0. The van der Waals surface area contributed by atoms with Crippen molar-refractivity contribution in [3.8, 4) is 0 Å². The molecule has 1 aliphatic carbocycles. The zero-order valence-electron chi connectivity index (χ0n) is 11.3. The molecule has 0 radical (unpaired) electrons. The lowest BCUT2D eigenvalue weighted by Crippen LogP contribution is -2.25. The summed E-state index contributed by atoms with van der Waals surface area (Å²) in [7, 11) is 0. The van der Waals surface area contributed by atoms with Gasteiger partial charge in [0, 0.05) is 0 Å². The van der Waals surface area contributed by atoms with Gasteiger partial charge in [-0.15, -0.1) is 0 Å². The topological polar surface area (TPSA) is 0 Å². The van der Waals surface area contributed by atoms with Crippen molar-refractivity contribution in [1.82, 2.24) is 0 Å². The van der Waals surface area contributed by atoms with Crippen LogP contribution in [0.3, 0.4) is 0 Å². The van der Waals surface area contributed by atoms with Crippen molar-refractivity contribution in [3.05, 3.63) is 24.3 Å². The first-order valence-electron chi connectivity index (χ1n) is 6.33. The summed E-state index contributed by atoms with van der Waals surface area (Å²) in [5, 5.41) is 0. The van der Waals surface area contributed by atoms with Crippen molar-refractivity contribution in [1.29, 1.82) is 0 Å². The third-order valence-corrected chi connectivity index (χ3v) is 3.38. The van der Waals surface area contributed by atoms with Crippen molar-refractivity contribution >= 4 is 0 Å². The molecule has 0 nitrogen and oxygen atoms in total. The molecule has 0 bridgehead atoms. The molecule has 0 aliphatic heterocycles. The Kier molecular flexibility index (Phi) is 6.63. The second kappa shape index (κ2) is 6.87. The van der Waals surface area contributed by atoms with Crippen LogP contribution in [-0.4, -0.2) is 0 Å². The first-order chi connectivity index (χ1) is 7.02. The van der Waals surface area contributed by atoms with E-state index in [0.29, 0.717) is 11.8 Å². The average Bonchev–Trinajstić information content (AvgIpc) is 2.20. The van der Waals surface area contributed by atoms with Gasteiger partial charge in [0.1, 0.15) is 0 Å². The monoisotopic (exact) mass is 208 g/mol. The highest BCUT2D eigenvalue weighted by atomic mass is 14.3. The van der Waals surface area contributed by atoms with E-state index in [2.05, 4.69) is 33.9 Å². The van der Waals surface area contributed by atoms with E-state index >= 15 is 0 Å². The smallest absolute Gasteiger partial charge is 0.0141 e. The Morgan fingerprint density at radius 2 is 1.40 bits per heavy atom. The molecule has 0 N–H and O–H groups in total. The van der Waals surface area contributed by atoms with E-state index in [0.717, 1.165) is 5.92 Å². The van der Waals surface area contributed by atoms with Crippen molar-refractivity contribution < 1.29 is 0 Å². The molecule has 0 aromatic carbocycles. The van der Waals surface area contributed by atoms with Gasteiger partial charge >= 0.3 is 0 Å². The summed E-state index contributed by atoms with van der Waals surface area (Å²) in [5.41, 5.74) is 2.69. The minimum Gasteiger partial charge on any atom is -0.0998 e. The van der Waals surface area contributed by atoms with Crippen LogP contribution in [0.2, 0.25) is 0 Å². The third-order valence-electron chi connectivity index (χ3n) is 3.38. The van der Waals surface area contributed by atoms with Gasteiger partial charge in [-0.05, 0) is 44.4 Å². The van der Waals surface area contributed by atoms with Crippen molar-refractivity contribution in [2.75, 3.05) is 0 Å². The highest BCUT2D eigenvalue weighted by molar-refractivity contribution is 5.10. The molecule has 0 heteroatoms. The fraction of sp³-hybridized carbons (Fsp3) is 0.733. The van der Waals surface area contributed by atoms with Gasteiger partial charge in [0.25, 0.3) is 0 Å². The normalized spacial score (nSPS) is 30.1. The van der Waals surface area contributed by atoms with Crippen LogP contribution >= 0.6 is 0 Å². The Hall–Kier alpha value is -0.520. The largest absolute Gasteiger partial charge is 0.0998 e. The van der Waals surface area contributed by atoms with Crippen molar-refractivity contribution in [3.63, 3.8) is 0 Å². The van der Waals surface area contributed by atoms with E-state index in [1.54, 1.807) is 0 Å². The van der Waals surface area contributed by atoms with Gasteiger partial charge < -0.3 is 0 Å². The predicted octanol–water partition coefficient (Wildman–Crippen LogP) is 5.22. The summed E-state index contributed by atoms with van der Waals surface area (Å²) in [4.78, 5) is 0. The molecular formula is C15H28. The Labute approximate surface area is 96.5 Å². The maximum atomic E-state index is 4.10. The fourth-order valence-electron chi connectivity index (χ4n) is 2.52. The minimum atomic E-state index is 0.696. The van der Waals surface area contributed by atoms with E-state index in [4.69, 9.17) is 0 Å². The number of rotatable bonds is 2. The van der Waals surface area contributed by atoms with Gasteiger partial charge in [0.15, 0.2) is 0 Å². The highest BCUT2D eigenvalue weighted by Gasteiger charge is 2.29. The molecular weight excluding hydrogens is 180 g/mol. The fourth-order valence-corrected chi connectivity index (χ4v) is 2.52. The van der Waals surface area contributed by atoms with Gasteiger partial charge in [0.2, 0.25) is 0 Å². The van der Waals surface area contributed by atoms with Crippen LogP contribution in [0.5, 0.6) is 0 Å². The van der Waals surface area contributed by atoms with E-state index < -0.39 is 0 Å². The number of hydrogen-bond acceptors (Lipinski definition) is 0. The van der Waals surface area contributed by atoms with E-state index in [1.807, 2.05) is 13.8 Å². The molecule has 1 fully saturated rings. The van der Waals surface area contributed by atoms with E-state index in [9.17, 15) is 0 Å². The summed E-state index contributed by atoms with van der Waals surface area (Å²) >= 11 is 0. The van der Waals surface area contributed by atoms with Crippen LogP contribution in [0, 0.1) is 17.8 Å². The van der Waals surface area contributed by atoms with Crippen LogP contribution in [-0.2, 0) is 0 Å². The molecule has 3 unspecified atom stereocenters. The minimum absolute atomic E-state index is 0.696. The van der Waals surface area contributed by atoms with Crippen molar-refractivity contribution in [2.45, 2.75) is 53.9 Å². The first-order valence-corrected chi connectivity index (χ1v) is 6.33. The van der Waals surface area contributed by atoms with Gasteiger partial charge in [0.05, 0.1) is 0 Å². The van der Waals surface area contributed by atoms with E-state index in [-0.39, 0.29) is 0 Å². The molecule has 3 atom stereocenters. The summed E-state index contributed by atoms with van der Waals surface area (Å²) < 4.78 is 0. The lowest BCUT2D eigenvalue weighted by Gasteiger charge is -2.35. The molecule has 0 amide bonds. The maximum Gasteiger partial charge on any atom is -0.0141 e. The van der Waals surface area contributed by atoms with Gasteiger partial charge in [-0.3, -0.25) is 0 Å². The van der Waals surface area contributed by atoms with Crippen LogP contribution in [0.25, 0.3) is 0 Å². The molecule has 0 spiro atoms. The summed E-state index contributed by atoms with van der Waals surface area (Å²) in [6, 6.07) is 0. The molecule has 0 saturated heterocycles. The summed E-state index contributed by atoms with van der Waals surface area (Å²) in [6.45, 7) is 18.9. The molecule has 0 heterocycles. The molecule has 1 rings (SSSR count). The summed E-state index contributed by atoms with van der Waals surface area (Å²) in [5.74, 6) is 2.27. The predicted molar refractivity (Wildman–Crippen MR) is 71.0 cm³/mol. The van der Waals surface area contributed by atoms with Crippen LogP contribution < -0.4 is 0 Å². The van der Waals surface area contributed by atoms with E-state index in [1.165, 1.54) is 30.4 Å². The summed E-state index contributed by atoms with van der Waals surface area (Å²) in [6.07, 6.45) is 3.99. The highest BCUT2D eigenvalue weighted by Crippen LogP contribution is 2.40. The maximum absolute atomic E-state index is 4.10. The van der Waals surface area contributed by atoms with Gasteiger partial charge in [-0.25, -0.2) is 0 Å².